The van der Waals surface area contributed by atoms with Gasteiger partial charge in [-0.05, 0) is 18.1 Å². The van der Waals surface area contributed by atoms with Crippen LogP contribution in [0.25, 0.3) is 0 Å². The molecule has 1 unspecified atom stereocenters. The Morgan fingerprint density at radius 3 is 2.85 bits per heavy atom. The molecule has 1 atom stereocenters. The number of aryl methyl sites for hydroxylation is 1. The van der Waals surface area contributed by atoms with E-state index in [9.17, 15) is 0 Å². The quantitative estimate of drug-likeness (QED) is 0.709. The van der Waals surface area contributed by atoms with Crippen molar-refractivity contribution in [2.24, 2.45) is 5.73 Å². The average Bonchev–Trinajstić information content (AvgIpc) is 2.16. The standard InChI is InChI=1S/C9H14N2O2/c1-6-3-9(13-2)11-4-7(6)8(10)5-12/h3-4,8,12H,5,10H2,1-2H3. The highest BCUT2D eigenvalue weighted by atomic mass is 16.5. The van der Waals surface area contributed by atoms with Gasteiger partial charge in [0.2, 0.25) is 5.88 Å². The molecule has 1 aromatic heterocycles. The molecule has 0 aromatic carbocycles. The van der Waals surface area contributed by atoms with Crippen LogP contribution in [0.3, 0.4) is 0 Å². The molecule has 4 nitrogen and oxygen atoms in total. The van der Waals surface area contributed by atoms with Gasteiger partial charge in [-0.15, -0.1) is 0 Å². The Bertz CT molecular complexity index is 289. The molecule has 13 heavy (non-hydrogen) atoms. The van der Waals surface area contributed by atoms with E-state index >= 15 is 0 Å². The monoisotopic (exact) mass is 182 g/mol. The van der Waals surface area contributed by atoms with Crippen molar-refractivity contribution in [2.75, 3.05) is 13.7 Å². The van der Waals surface area contributed by atoms with Crippen LogP contribution in [0.5, 0.6) is 5.88 Å². The summed E-state index contributed by atoms with van der Waals surface area (Å²) in [7, 11) is 1.56. The van der Waals surface area contributed by atoms with Crippen LogP contribution in [0, 0.1) is 6.92 Å². The first kappa shape index (κ1) is 9.95. The summed E-state index contributed by atoms with van der Waals surface area (Å²) in [6.45, 7) is 1.84. The third-order valence-corrected chi connectivity index (χ3v) is 1.93. The molecule has 0 aliphatic rings. The van der Waals surface area contributed by atoms with Gasteiger partial charge in [0.05, 0.1) is 19.8 Å². The van der Waals surface area contributed by atoms with Gasteiger partial charge in [0.25, 0.3) is 0 Å². The molecule has 0 fully saturated rings. The first-order valence-electron chi connectivity index (χ1n) is 4.06. The van der Waals surface area contributed by atoms with E-state index in [2.05, 4.69) is 4.98 Å². The lowest BCUT2D eigenvalue weighted by Gasteiger charge is -2.11. The van der Waals surface area contributed by atoms with E-state index in [-0.39, 0.29) is 12.6 Å². The van der Waals surface area contributed by atoms with Crippen molar-refractivity contribution in [3.63, 3.8) is 0 Å². The largest absolute Gasteiger partial charge is 0.481 e. The summed E-state index contributed by atoms with van der Waals surface area (Å²) in [6.07, 6.45) is 1.63. The van der Waals surface area contributed by atoms with E-state index in [4.69, 9.17) is 15.6 Å². The maximum Gasteiger partial charge on any atom is 0.213 e. The van der Waals surface area contributed by atoms with Crippen molar-refractivity contribution in [1.82, 2.24) is 4.98 Å². The maximum absolute atomic E-state index is 8.86. The molecule has 72 valence electrons. The molecule has 1 rings (SSSR count). The zero-order valence-corrected chi connectivity index (χ0v) is 7.82. The summed E-state index contributed by atoms with van der Waals surface area (Å²) in [6, 6.07) is 1.43. The third kappa shape index (κ3) is 2.17. The topological polar surface area (TPSA) is 68.4 Å². The highest BCUT2D eigenvalue weighted by Gasteiger charge is 2.08. The number of aromatic nitrogens is 1. The van der Waals surface area contributed by atoms with Crippen molar-refractivity contribution in [1.29, 1.82) is 0 Å². The normalized spacial score (nSPS) is 12.6. The fourth-order valence-corrected chi connectivity index (χ4v) is 1.14. The van der Waals surface area contributed by atoms with E-state index in [1.54, 1.807) is 19.4 Å². The molecule has 0 saturated heterocycles. The predicted octanol–water partition coefficient (Wildman–Crippen LogP) is 0.391. The predicted molar refractivity (Wildman–Crippen MR) is 49.5 cm³/mol. The number of hydrogen-bond acceptors (Lipinski definition) is 4. The maximum atomic E-state index is 8.86. The minimum Gasteiger partial charge on any atom is -0.481 e. The molecule has 0 bridgehead atoms. The van der Waals surface area contributed by atoms with Gasteiger partial charge >= 0.3 is 0 Å². The van der Waals surface area contributed by atoms with Crippen molar-refractivity contribution in [3.8, 4) is 5.88 Å². The van der Waals surface area contributed by atoms with E-state index < -0.39 is 0 Å². The number of nitrogens with two attached hydrogens (primary N) is 1. The second-order valence-corrected chi connectivity index (χ2v) is 2.87. The van der Waals surface area contributed by atoms with E-state index in [1.807, 2.05) is 6.92 Å². The number of aliphatic hydroxyl groups is 1. The molecular weight excluding hydrogens is 168 g/mol. The molecule has 1 aromatic rings. The van der Waals surface area contributed by atoms with Crippen LogP contribution in [-0.2, 0) is 0 Å². The minimum absolute atomic E-state index is 0.0746. The first-order valence-corrected chi connectivity index (χ1v) is 4.06. The average molecular weight is 182 g/mol. The van der Waals surface area contributed by atoms with E-state index in [0.29, 0.717) is 5.88 Å². The second-order valence-electron chi connectivity index (χ2n) is 2.87. The van der Waals surface area contributed by atoms with Gasteiger partial charge in [-0.1, -0.05) is 0 Å². The van der Waals surface area contributed by atoms with Gasteiger partial charge in [-0.25, -0.2) is 4.98 Å². The molecule has 0 spiro atoms. The van der Waals surface area contributed by atoms with Gasteiger partial charge in [-0.2, -0.15) is 0 Å². The van der Waals surface area contributed by atoms with Gasteiger partial charge in [-0.3, -0.25) is 0 Å². The van der Waals surface area contributed by atoms with Crippen LogP contribution in [0.15, 0.2) is 12.3 Å². The van der Waals surface area contributed by atoms with Crippen LogP contribution in [0.1, 0.15) is 17.2 Å². The third-order valence-electron chi connectivity index (χ3n) is 1.93. The summed E-state index contributed by atoms with van der Waals surface area (Å²) in [5.41, 5.74) is 7.49. The Labute approximate surface area is 77.4 Å². The van der Waals surface area contributed by atoms with Gasteiger partial charge in [0, 0.05) is 12.3 Å². The van der Waals surface area contributed by atoms with Gasteiger partial charge in [0.1, 0.15) is 0 Å². The van der Waals surface area contributed by atoms with Crippen LogP contribution in [0.4, 0.5) is 0 Å². The Hall–Kier alpha value is -1.13. The Morgan fingerprint density at radius 2 is 2.38 bits per heavy atom. The van der Waals surface area contributed by atoms with Crippen LogP contribution >= 0.6 is 0 Å². The lowest BCUT2D eigenvalue weighted by atomic mass is 10.1. The molecule has 4 heteroatoms. The number of nitrogens with zero attached hydrogens (tertiary/aromatic N) is 1. The lowest BCUT2D eigenvalue weighted by molar-refractivity contribution is 0.267. The fraction of sp³-hybridized carbons (Fsp3) is 0.444. The molecule has 1 heterocycles. The molecule has 0 radical (unpaired) electrons. The highest BCUT2D eigenvalue weighted by molar-refractivity contribution is 5.30. The van der Waals surface area contributed by atoms with Crippen LogP contribution in [0.2, 0.25) is 0 Å². The molecule has 0 saturated carbocycles. The minimum atomic E-state index is -0.363. The van der Waals surface area contributed by atoms with Crippen molar-refractivity contribution in [2.45, 2.75) is 13.0 Å². The Morgan fingerprint density at radius 1 is 1.69 bits per heavy atom. The van der Waals surface area contributed by atoms with Crippen LogP contribution in [-0.4, -0.2) is 23.8 Å². The summed E-state index contributed by atoms with van der Waals surface area (Å²) >= 11 is 0. The SMILES string of the molecule is COc1cc(C)c(C(N)CO)cn1. The number of pyridine rings is 1. The summed E-state index contributed by atoms with van der Waals surface area (Å²) in [5, 5.41) is 8.86. The smallest absolute Gasteiger partial charge is 0.213 e. The lowest BCUT2D eigenvalue weighted by Crippen LogP contribution is -2.16. The molecule has 0 amide bonds. The zero-order chi connectivity index (χ0) is 9.84. The summed E-state index contributed by atoms with van der Waals surface area (Å²) in [4.78, 5) is 4.01. The van der Waals surface area contributed by atoms with E-state index in [1.165, 1.54) is 0 Å². The summed E-state index contributed by atoms with van der Waals surface area (Å²) in [5.74, 6) is 0.561. The van der Waals surface area contributed by atoms with Crippen molar-refractivity contribution >= 4 is 0 Å². The number of ether oxygens (including phenoxy) is 1. The van der Waals surface area contributed by atoms with Gasteiger partial charge in [0.15, 0.2) is 0 Å². The van der Waals surface area contributed by atoms with E-state index in [0.717, 1.165) is 11.1 Å². The zero-order valence-electron chi connectivity index (χ0n) is 7.82. The first-order chi connectivity index (χ1) is 6.19. The number of rotatable bonds is 3. The van der Waals surface area contributed by atoms with Gasteiger partial charge < -0.3 is 15.6 Å². The molecule has 0 aliphatic heterocycles. The Kier molecular flexibility index (Phi) is 3.22. The van der Waals surface area contributed by atoms with Crippen molar-refractivity contribution in [3.05, 3.63) is 23.4 Å². The highest BCUT2D eigenvalue weighted by Crippen LogP contribution is 2.17. The molecule has 0 aliphatic carbocycles. The Balaban J connectivity index is 2.98. The number of aliphatic hydroxyl groups excluding tert-OH is 1. The van der Waals surface area contributed by atoms with Crippen LogP contribution < -0.4 is 10.5 Å². The second kappa shape index (κ2) is 4.20. The van der Waals surface area contributed by atoms with Crippen molar-refractivity contribution < 1.29 is 9.84 Å². The molecule has 3 N–H and O–H groups in total. The molecular formula is C9H14N2O2. The number of hydrogen-bond donors (Lipinski definition) is 2. The summed E-state index contributed by atoms with van der Waals surface area (Å²) < 4.78 is 4.95. The fourth-order valence-electron chi connectivity index (χ4n) is 1.14. The number of methoxy groups -OCH3 is 1.